The molecule has 0 bridgehead atoms. The number of sulfone groups is 1. The summed E-state index contributed by atoms with van der Waals surface area (Å²) in [5, 5.41) is 11.0. The molecule has 11 heteroatoms. The van der Waals surface area contributed by atoms with E-state index in [1.807, 2.05) is 0 Å². The number of hydrogen-bond acceptors (Lipinski definition) is 7. The average molecular weight is 391 g/mol. The van der Waals surface area contributed by atoms with E-state index in [-0.39, 0.29) is 22.1 Å². The Balaban J connectivity index is 2.01. The summed E-state index contributed by atoms with van der Waals surface area (Å²) in [5.74, 6) is -1.79. The summed E-state index contributed by atoms with van der Waals surface area (Å²) in [5.41, 5.74) is -0.853. The highest BCUT2D eigenvalue weighted by Crippen LogP contribution is 2.23. The Hall–Kier alpha value is -2.20. The zero-order chi connectivity index (χ0) is 18.8. The quantitative estimate of drug-likeness (QED) is 0.418. The summed E-state index contributed by atoms with van der Waals surface area (Å²) in [6.45, 7) is -0.657. The van der Waals surface area contributed by atoms with E-state index in [1.165, 1.54) is 18.0 Å². The Bertz CT molecular complexity index is 824. The number of hydrogen-bond donors (Lipinski definition) is 0. The lowest BCUT2D eigenvalue weighted by Gasteiger charge is -2.23. The van der Waals surface area contributed by atoms with E-state index in [9.17, 15) is 28.1 Å². The van der Waals surface area contributed by atoms with Crippen LogP contribution in [0.5, 0.6) is 0 Å². The second kappa shape index (κ2) is 7.36. The summed E-state index contributed by atoms with van der Waals surface area (Å²) >= 11 is 5.73. The van der Waals surface area contributed by atoms with E-state index in [0.717, 1.165) is 12.1 Å². The van der Waals surface area contributed by atoms with Gasteiger partial charge in [-0.15, -0.1) is 0 Å². The van der Waals surface area contributed by atoms with Gasteiger partial charge in [-0.2, -0.15) is 0 Å². The molecular formula is C14H15ClN2O7S. The van der Waals surface area contributed by atoms with E-state index in [2.05, 4.69) is 0 Å². The lowest BCUT2D eigenvalue weighted by atomic mass is 10.2. The fourth-order valence-corrected chi connectivity index (χ4v) is 4.37. The zero-order valence-corrected chi connectivity index (χ0v) is 14.7. The van der Waals surface area contributed by atoms with Crippen molar-refractivity contribution in [3.8, 4) is 0 Å². The SMILES string of the molecule is CN(C(=O)COC(=O)c1cc(Cl)ccc1[N+](=O)[O-])[C@@H]1CCS(=O)(=O)C1. The molecule has 2 rings (SSSR count). The predicted octanol–water partition coefficient (Wildman–Crippen LogP) is 1.05. The monoisotopic (exact) mass is 390 g/mol. The van der Waals surface area contributed by atoms with Crippen LogP contribution in [0.1, 0.15) is 16.8 Å². The molecule has 0 unspecified atom stereocenters. The Kier molecular flexibility index (Phi) is 5.63. The maximum atomic E-state index is 12.1. The van der Waals surface area contributed by atoms with Crippen molar-refractivity contribution in [2.24, 2.45) is 0 Å². The van der Waals surface area contributed by atoms with Crippen LogP contribution in [0.3, 0.4) is 0 Å². The van der Waals surface area contributed by atoms with Gasteiger partial charge >= 0.3 is 5.97 Å². The van der Waals surface area contributed by atoms with Gasteiger partial charge in [0.25, 0.3) is 11.6 Å². The third-order valence-electron chi connectivity index (χ3n) is 3.85. The number of benzene rings is 1. The molecule has 0 N–H and O–H groups in total. The average Bonchev–Trinajstić information content (AvgIpc) is 2.91. The van der Waals surface area contributed by atoms with Gasteiger partial charge in [-0.3, -0.25) is 14.9 Å². The summed E-state index contributed by atoms with van der Waals surface area (Å²) < 4.78 is 27.7. The summed E-state index contributed by atoms with van der Waals surface area (Å²) in [4.78, 5) is 35.5. The lowest BCUT2D eigenvalue weighted by molar-refractivity contribution is -0.385. The first kappa shape index (κ1) is 19.1. The van der Waals surface area contributed by atoms with E-state index < -0.39 is 45.0 Å². The number of carbonyl (C=O) groups excluding carboxylic acids is 2. The number of halogens is 1. The number of ether oxygens (including phenoxy) is 1. The molecule has 136 valence electrons. The van der Waals surface area contributed by atoms with Crippen molar-refractivity contribution in [1.82, 2.24) is 4.90 Å². The van der Waals surface area contributed by atoms with E-state index in [4.69, 9.17) is 16.3 Å². The first-order valence-corrected chi connectivity index (χ1v) is 9.38. The van der Waals surface area contributed by atoms with Gasteiger partial charge in [0.2, 0.25) is 0 Å². The molecule has 1 heterocycles. The second-order valence-corrected chi connectivity index (χ2v) is 8.22. The first-order chi connectivity index (χ1) is 11.6. The standard InChI is InChI=1S/C14H15ClN2O7S/c1-16(10-4-5-25(22,23)8-10)13(18)7-24-14(19)11-6-9(15)2-3-12(11)17(20)21/h2-3,6,10H,4-5,7-8H2,1H3/t10-/m1/s1. The largest absolute Gasteiger partial charge is 0.452 e. The van der Waals surface area contributed by atoms with E-state index in [1.54, 1.807) is 0 Å². The van der Waals surface area contributed by atoms with Crippen LogP contribution in [-0.4, -0.2) is 61.3 Å². The summed E-state index contributed by atoms with van der Waals surface area (Å²) in [7, 11) is -1.74. The fourth-order valence-electron chi connectivity index (χ4n) is 2.42. The Labute approximate surface area is 148 Å². The smallest absolute Gasteiger partial charge is 0.345 e. The molecule has 0 aromatic heterocycles. The van der Waals surface area contributed by atoms with Gasteiger partial charge in [0.05, 0.1) is 16.4 Å². The van der Waals surface area contributed by atoms with Crippen LogP contribution >= 0.6 is 11.6 Å². The van der Waals surface area contributed by atoms with Crippen LogP contribution in [0, 0.1) is 10.1 Å². The number of nitro groups is 1. The minimum absolute atomic E-state index is 0.00375. The van der Waals surface area contributed by atoms with E-state index in [0.29, 0.717) is 6.42 Å². The van der Waals surface area contributed by atoms with Crippen molar-refractivity contribution < 1.29 is 27.7 Å². The van der Waals surface area contributed by atoms with Gasteiger partial charge in [-0.25, -0.2) is 13.2 Å². The molecule has 1 aromatic rings. The minimum Gasteiger partial charge on any atom is -0.452 e. The molecule has 0 radical (unpaired) electrons. The van der Waals surface area contributed by atoms with Crippen molar-refractivity contribution >= 4 is 39.0 Å². The number of nitro benzene ring substituents is 1. The molecule has 0 spiro atoms. The number of carbonyl (C=O) groups is 2. The Morgan fingerprint density at radius 1 is 1.44 bits per heavy atom. The number of rotatable bonds is 5. The van der Waals surface area contributed by atoms with Gasteiger partial charge in [0, 0.05) is 24.2 Å². The fraction of sp³-hybridized carbons (Fsp3) is 0.429. The molecule has 1 aliphatic heterocycles. The highest BCUT2D eigenvalue weighted by molar-refractivity contribution is 7.91. The number of esters is 1. The van der Waals surface area contributed by atoms with Crippen LogP contribution in [0.2, 0.25) is 5.02 Å². The van der Waals surface area contributed by atoms with Crippen molar-refractivity contribution in [1.29, 1.82) is 0 Å². The first-order valence-electron chi connectivity index (χ1n) is 7.18. The van der Waals surface area contributed by atoms with Gasteiger partial charge in [-0.1, -0.05) is 11.6 Å². The molecule has 1 amide bonds. The van der Waals surface area contributed by atoms with Crippen molar-refractivity contribution in [2.45, 2.75) is 12.5 Å². The molecule has 25 heavy (non-hydrogen) atoms. The molecule has 9 nitrogen and oxygen atoms in total. The number of amides is 1. The second-order valence-electron chi connectivity index (χ2n) is 5.56. The third-order valence-corrected chi connectivity index (χ3v) is 5.84. The normalized spacial score (nSPS) is 18.6. The molecule has 1 saturated heterocycles. The summed E-state index contributed by atoms with van der Waals surface area (Å²) in [6.07, 6.45) is 0.318. The van der Waals surface area contributed by atoms with Crippen molar-refractivity contribution in [3.63, 3.8) is 0 Å². The van der Waals surface area contributed by atoms with Gasteiger partial charge in [0.1, 0.15) is 5.56 Å². The van der Waals surface area contributed by atoms with Crippen LogP contribution in [0.25, 0.3) is 0 Å². The molecule has 1 aliphatic rings. The predicted molar refractivity (Wildman–Crippen MR) is 88.2 cm³/mol. The third kappa shape index (κ3) is 4.67. The highest BCUT2D eigenvalue weighted by Gasteiger charge is 2.33. The topological polar surface area (TPSA) is 124 Å². The van der Waals surface area contributed by atoms with Crippen LogP contribution in [0.15, 0.2) is 18.2 Å². The maximum Gasteiger partial charge on any atom is 0.345 e. The molecule has 0 aliphatic carbocycles. The minimum atomic E-state index is -3.16. The van der Waals surface area contributed by atoms with Crippen LogP contribution in [0.4, 0.5) is 5.69 Å². The molecule has 1 aromatic carbocycles. The van der Waals surface area contributed by atoms with Gasteiger partial charge in [0.15, 0.2) is 16.4 Å². The van der Waals surface area contributed by atoms with Gasteiger partial charge in [-0.05, 0) is 18.6 Å². The van der Waals surface area contributed by atoms with Crippen LogP contribution in [-0.2, 0) is 19.4 Å². The molecule has 1 fully saturated rings. The maximum absolute atomic E-state index is 12.1. The van der Waals surface area contributed by atoms with E-state index >= 15 is 0 Å². The molecule has 1 atom stereocenters. The Morgan fingerprint density at radius 3 is 2.68 bits per heavy atom. The molecule has 0 saturated carbocycles. The lowest BCUT2D eigenvalue weighted by Crippen LogP contribution is -2.40. The Morgan fingerprint density at radius 2 is 2.12 bits per heavy atom. The van der Waals surface area contributed by atoms with Crippen LogP contribution < -0.4 is 0 Å². The number of likely N-dealkylation sites (N-methyl/N-ethyl adjacent to an activating group) is 1. The molecular weight excluding hydrogens is 376 g/mol. The van der Waals surface area contributed by atoms with Crippen molar-refractivity contribution in [3.05, 3.63) is 38.9 Å². The summed E-state index contributed by atoms with van der Waals surface area (Å²) in [6, 6.07) is 2.93. The highest BCUT2D eigenvalue weighted by atomic mass is 35.5. The van der Waals surface area contributed by atoms with Gasteiger partial charge < -0.3 is 9.64 Å². The van der Waals surface area contributed by atoms with Crippen molar-refractivity contribution in [2.75, 3.05) is 25.2 Å². The zero-order valence-electron chi connectivity index (χ0n) is 13.2. The number of nitrogens with zero attached hydrogens (tertiary/aromatic N) is 2.